The average Bonchev–Trinajstić information content (AvgIpc) is 2.82. The largest absolute Gasteiger partial charge is 0.356 e. The van der Waals surface area contributed by atoms with Crippen molar-refractivity contribution < 1.29 is 22.0 Å². The highest BCUT2D eigenvalue weighted by molar-refractivity contribution is 7.89. The normalized spacial score (nSPS) is 16.9. The summed E-state index contributed by atoms with van der Waals surface area (Å²) in [7, 11) is -4.03. The van der Waals surface area contributed by atoms with Crippen LogP contribution in [-0.4, -0.2) is 43.3 Å². The Morgan fingerprint density at radius 1 is 1.24 bits per heavy atom. The Balaban J connectivity index is 1.89. The van der Waals surface area contributed by atoms with Crippen LogP contribution in [0.2, 0.25) is 0 Å². The van der Waals surface area contributed by atoms with E-state index in [0.717, 1.165) is 11.6 Å². The number of sulfonamides is 1. The number of halogens is 2. The second-order valence-electron chi connectivity index (χ2n) is 6.96. The summed E-state index contributed by atoms with van der Waals surface area (Å²) < 4.78 is 50.3. The van der Waals surface area contributed by atoms with Crippen molar-refractivity contribution >= 4 is 27.4 Å². The summed E-state index contributed by atoms with van der Waals surface area (Å²) in [5.74, 6) is -2.96. The van der Waals surface area contributed by atoms with Gasteiger partial charge in [-0.15, -0.1) is 0 Å². The Bertz CT molecular complexity index is 1030. The summed E-state index contributed by atoms with van der Waals surface area (Å²) in [5, 5.41) is 7.28. The minimum absolute atomic E-state index is 0.0775. The van der Waals surface area contributed by atoms with Gasteiger partial charge in [0, 0.05) is 50.1 Å². The van der Waals surface area contributed by atoms with Gasteiger partial charge >= 0.3 is 0 Å². The van der Waals surface area contributed by atoms with Crippen molar-refractivity contribution in [3.05, 3.63) is 41.7 Å². The number of hydrogen-bond donors (Lipinski definition) is 2. The maximum atomic E-state index is 13.7. The van der Waals surface area contributed by atoms with Gasteiger partial charge in [-0.1, -0.05) is 0 Å². The van der Waals surface area contributed by atoms with Crippen molar-refractivity contribution in [1.82, 2.24) is 9.97 Å². The Hall–Kier alpha value is -2.66. The molecule has 2 aromatic rings. The molecule has 0 atom stereocenters. The van der Waals surface area contributed by atoms with E-state index in [-0.39, 0.29) is 42.1 Å². The van der Waals surface area contributed by atoms with Crippen LogP contribution in [0, 0.1) is 6.92 Å². The quantitative estimate of drug-likeness (QED) is 0.776. The second kappa shape index (κ2) is 7.99. The number of anilines is 2. The third-order valence-corrected chi connectivity index (χ3v) is 5.36. The first kappa shape index (κ1) is 21.1. The smallest absolute Gasteiger partial charge is 0.259 e. The number of nitrogens with zero attached hydrogens (tertiary/aromatic N) is 3. The summed E-state index contributed by atoms with van der Waals surface area (Å²) in [6.45, 7) is 2.20. The Morgan fingerprint density at radius 2 is 2.00 bits per heavy atom. The van der Waals surface area contributed by atoms with Crippen LogP contribution < -0.4 is 15.4 Å². The third-order valence-electron chi connectivity index (χ3n) is 4.55. The monoisotopic (exact) mass is 425 g/mol. The van der Waals surface area contributed by atoms with E-state index in [4.69, 9.17) is 5.14 Å². The molecule has 0 aliphatic carbocycles. The number of rotatable bonds is 4. The fraction of sp³-hybridized carbons (Fsp3) is 0.389. The molecule has 1 aliphatic heterocycles. The summed E-state index contributed by atoms with van der Waals surface area (Å²) in [6, 6.07) is 4.17. The molecule has 1 saturated heterocycles. The molecule has 3 heterocycles. The van der Waals surface area contributed by atoms with Gasteiger partial charge in [0.15, 0.2) is 5.03 Å². The summed E-state index contributed by atoms with van der Waals surface area (Å²) in [5.41, 5.74) is 1.12. The lowest BCUT2D eigenvalue weighted by atomic mass is 10.1. The van der Waals surface area contributed by atoms with E-state index >= 15 is 0 Å². The Kier molecular flexibility index (Phi) is 5.80. The second-order valence-corrected chi connectivity index (χ2v) is 8.47. The van der Waals surface area contributed by atoms with Gasteiger partial charge in [0.05, 0.1) is 5.56 Å². The van der Waals surface area contributed by atoms with Crippen molar-refractivity contribution in [2.75, 3.05) is 23.3 Å². The molecule has 8 nitrogen and oxygen atoms in total. The highest BCUT2D eigenvalue weighted by Gasteiger charge is 2.33. The van der Waals surface area contributed by atoms with Crippen LogP contribution in [0.4, 0.5) is 20.3 Å². The van der Waals surface area contributed by atoms with Crippen molar-refractivity contribution in [2.45, 2.75) is 37.1 Å². The fourth-order valence-electron chi connectivity index (χ4n) is 3.10. The molecular formula is C18H21F2N5O3S. The fourth-order valence-corrected chi connectivity index (χ4v) is 3.60. The third kappa shape index (κ3) is 5.24. The predicted molar refractivity (Wildman–Crippen MR) is 104 cm³/mol. The van der Waals surface area contributed by atoms with Gasteiger partial charge in [-0.25, -0.2) is 32.3 Å². The first-order chi connectivity index (χ1) is 13.5. The van der Waals surface area contributed by atoms with Crippen LogP contribution >= 0.6 is 0 Å². The van der Waals surface area contributed by atoms with E-state index in [1.54, 1.807) is 24.1 Å². The summed E-state index contributed by atoms with van der Waals surface area (Å²) in [4.78, 5) is 22.5. The van der Waals surface area contributed by atoms with Crippen molar-refractivity contribution in [3.63, 3.8) is 0 Å². The van der Waals surface area contributed by atoms with E-state index in [9.17, 15) is 22.0 Å². The van der Waals surface area contributed by atoms with Gasteiger partial charge in [-0.05, 0) is 31.0 Å². The maximum absolute atomic E-state index is 13.7. The minimum atomic E-state index is -4.03. The standard InChI is InChI=1S/C18H21F2N5O3S/c1-12-9-14(16(23-11-12)25-7-2-4-18(19,20)5-8-25)17(26)24-13-3-6-22-15(10-13)29(21,27)28/h3,6,9-11H,2,4-5,7-8H2,1H3,(H2,21,27,28)(H,22,24,26). The zero-order chi connectivity index (χ0) is 21.2. The first-order valence-electron chi connectivity index (χ1n) is 8.95. The molecule has 1 aliphatic rings. The van der Waals surface area contributed by atoms with Gasteiger partial charge in [0.2, 0.25) is 5.92 Å². The molecule has 2 aromatic heterocycles. The number of nitrogens with one attached hydrogen (secondary N) is 1. The van der Waals surface area contributed by atoms with E-state index in [1.165, 1.54) is 12.3 Å². The number of carbonyl (C=O) groups is 1. The molecule has 1 fully saturated rings. The number of nitrogens with two attached hydrogens (primary N) is 1. The van der Waals surface area contributed by atoms with E-state index in [2.05, 4.69) is 15.3 Å². The summed E-state index contributed by atoms with van der Waals surface area (Å²) >= 11 is 0. The topological polar surface area (TPSA) is 118 Å². The SMILES string of the molecule is Cc1cnc(N2CCCC(F)(F)CC2)c(C(=O)Nc2ccnc(S(N)(=O)=O)c2)c1. The number of aryl methyl sites for hydroxylation is 1. The number of pyridine rings is 2. The number of alkyl halides is 2. The van der Waals surface area contributed by atoms with Crippen LogP contribution in [0.5, 0.6) is 0 Å². The van der Waals surface area contributed by atoms with Crippen molar-refractivity contribution in [2.24, 2.45) is 5.14 Å². The molecule has 11 heteroatoms. The first-order valence-corrected chi connectivity index (χ1v) is 10.5. The van der Waals surface area contributed by atoms with E-state index in [1.807, 2.05) is 0 Å². The molecular weight excluding hydrogens is 404 g/mol. The molecule has 29 heavy (non-hydrogen) atoms. The number of primary sulfonamides is 1. The lowest BCUT2D eigenvalue weighted by Crippen LogP contribution is -2.29. The van der Waals surface area contributed by atoms with Crippen molar-refractivity contribution in [1.29, 1.82) is 0 Å². The molecule has 3 N–H and O–H groups in total. The van der Waals surface area contributed by atoms with Crippen LogP contribution in [0.15, 0.2) is 35.6 Å². The van der Waals surface area contributed by atoms with Crippen LogP contribution in [0.25, 0.3) is 0 Å². The predicted octanol–water partition coefficient (Wildman–Crippen LogP) is 2.31. The average molecular weight is 425 g/mol. The van der Waals surface area contributed by atoms with Gasteiger partial charge in [0.25, 0.3) is 15.9 Å². The van der Waals surface area contributed by atoms with E-state index in [0.29, 0.717) is 12.4 Å². The molecule has 156 valence electrons. The Morgan fingerprint density at radius 3 is 2.72 bits per heavy atom. The lowest BCUT2D eigenvalue weighted by molar-refractivity contribution is -0.0102. The zero-order valence-corrected chi connectivity index (χ0v) is 16.5. The number of carbonyl (C=O) groups excluding carboxylic acids is 1. The molecule has 0 saturated carbocycles. The Labute approximate surface area is 167 Å². The molecule has 3 rings (SSSR count). The van der Waals surface area contributed by atoms with Crippen LogP contribution in [0.1, 0.15) is 35.2 Å². The van der Waals surface area contributed by atoms with Gasteiger partial charge in [-0.2, -0.15) is 0 Å². The molecule has 0 spiro atoms. The molecule has 0 aromatic carbocycles. The highest BCUT2D eigenvalue weighted by Crippen LogP contribution is 2.31. The minimum Gasteiger partial charge on any atom is -0.356 e. The molecule has 1 amide bonds. The number of aromatic nitrogens is 2. The molecule has 0 unspecified atom stereocenters. The maximum Gasteiger partial charge on any atom is 0.259 e. The lowest BCUT2D eigenvalue weighted by Gasteiger charge is -2.24. The number of amides is 1. The van der Waals surface area contributed by atoms with Crippen LogP contribution in [0.3, 0.4) is 0 Å². The van der Waals surface area contributed by atoms with E-state index < -0.39 is 21.9 Å². The van der Waals surface area contributed by atoms with Gasteiger partial charge in [-0.3, -0.25) is 4.79 Å². The van der Waals surface area contributed by atoms with Crippen molar-refractivity contribution in [3.8, 4) is 0 Å². The number of hydrogen-bond acceptors (Lipinski definition) is 6. The zero-order valence-electron chi connectivity index (χ0n) is 15.7. The molecule has 0 bridgehead atoms. The highest BCUT2D eigenvalue weighted by atomic mass is 32.2. The summed E-state index contributed by atoms with van der Waals surface area (Å²) in [6.07, 6.45) is 2.55. The van der Waals surface area contributed by atoms with Gasteiger partial charge < -0.3 is 10.2 Å². The van der Waals surface area contributed by atoms with Gasteiger partial charge in [0.1, 0.15) is 5.82 Å². The molecule has 0 radical (unpaired) electrons. The van der Waals surface area contributed by atoms with Crippen LogP contribution in [-0.2, 0) is 10.0 Å².